The Balaban J connectivity index is 1.99. The Labute approximate surface area is 96.7 Å². The van der Waals surface area contributed by atoms with Gasteiger partial charge in [0.25, 0.3) is 5.91 Å². The highest BCUT2D eigenvalue weighted by Crippen LogP contribution is 2.15. The summed E-state index contributed by atoms with van der Waals surface area (Å²) in [6.45, 7) is 2.30. The fraction of sp³-hybridized carbons (Fsp3) is 0.200. The molecule has 0 radical (unpaired) electrons. The lowest BCUT2D eigenvalue weighted by atomic mass is 10.2. The molecule has 2 aromatic rings. The molecule has 2 rings (SSSR count). The van der Waals surface area contributed by atoms with Crippen LogP contribution in [-0.4, -0.2) is 16.1 Å². The smallest absolute Gasteiger partial charge is 0.261 e. The van der Waals surface area contributed by atoms with Crippen molar-refractivity contribution in [3.8, 4) is 0 Å². The van der Waals surface area contributed by atoms with E-state index < -0.39 is 0 Å². The number of carbonyl (C=O) groups is 1. The summed E-state index contributed by atoms with van der Waals surface area (Å²) in [5, 5.41) is 11.1. The first-order valence-electron chi connectivity index (χ1n) is 4.78. The molecular formula is C10H12N4OS. The molecule has 0 atom stereocenters. The zero-order valence-corrected chi connectivity index (χ0v) is 9.60. The lowest BCUT2D eigenvalue weighted by Crippen LogP contribution is -2.22. The lowest BCUT2D eigenvalue weighted by Gasteiger charge is -2.03. The van der Waals surface area contributed by atoms with E-state index in [1.165, 1.54) is 11.3 Å². The Morgan fingerprint density at radius 1 is 1.69 bits per heavy atom. The predicted molar refractivity (Wildman–Crippen MR) is 63.2 cm³/mol. The van der Waals surface area contributed by atoms with Crippen molar-refractivity contribution < 1.29 is 4.79 Å². The summed E-state index contributed by atoms with van der Waals surface area (Å²) in [6.07, 6.45) is 1.61. The summed E-state index contributed by atoms with van der Waals surface area (Å²) in [4.78, 5) is 12.5. The Morgan fingerprint density at radius 3 is 3.06 bits per heavy atom. The summed E-state index contributed by atoms with van der Waals surface area (Å²) in [5.74, 6) is 0.413. The van der Waals surface area contributed by atoms with Gasteiger partial charge in [-0.25, -0.2) is 0 Å². The number of hydrogen-bond donors (Lipinski definition) is 3. The third-order valence-corrected chi connectivity index (χ3v) is 3.27. The van der Waals surface area contributed by atoms with E-state index in [4.69, 9.17) is 5.73 Å². The Hall–Kier alpha value is -1.82. The summed E-state index contributed by atoms with van der Waals surface area (Å²) in [5.41, 5.74) is 7.39. The second-order valence-corrected chi connectivity index (χ2v) is 4.34. The molecular weight excluding hydrogens is 224 g/mol. The van der Waals surface area contributed by atoms with Crippen molar-refractivity contribution in [1.82, 2.24) is 15.5 Å². The summed E-state index contributed by atoms with van der Waals surface area (Å²) in [7, 11) is 0. The number of carbonyl (C=O) groups excluding carboxylic acids is 1. The van der Waals surface area contributed by atoms with Gasteiger partial charge >= 0.3 is 0 Å². The molecule has 4 N–H and O–H groups in total. The summed E-state index contributed by atoms with van der Waals surface area (Å²) >= 11 is 1.43. The van der Waals surface area contributed by atoms with Gasteiger partial charge in [-0.2, -0.15) is 5.10 Å². The quantitative estimate of drug-likeness (QED) is 0.750. The molecule has 0 bridgehead atoms. The van der Waals surface area contributed by atoms with E-state index in [2.05, 4.69) is 15.5 Å². The van der Waals surface area contributed by atoms with Crippen LogP contribution in [0.3, 0.4) is 0 Å². The van der Waals surface area contributed by atoms with Gasteiger partial charge in [0.1, 0.15) is 5.82 Å². The number of nitrogens with two attached hydrogens (primary N) is 1. The van der Waals surface area contributed by atoms with Crippen LogP contribution in [0, 0.1) is 6.92 Å². The van der Waals surface area contributed by atoms with Crippen LogP contribution in [0.1, 0.15) is 20.8 Å². The maximum absolute atomic E-state index is 11.8. The van der Waals surface area contributed by atoms with Gasteiger partial charge in [0.05, 0.1) is 11.1 Å². The fourth-order valence-electron chi connectivity index (χ4n) is 1.32. The number of anilines is 1. The molecule has 0 spiro atoms. The van der Waals surface area contributed by atoms with Gasteiger partial charge in [0.15, 0.2) is 0 Å². The first kappa shape index (κ1) is 10.7. The molecule has 1 amide bonds. The third kappa shape index (κ3) is 2.06. The zero-order chi connectivity index (χ0) is 11.5. The van der Waals surface area contributed by atoms with Crippen LogP contribution >= 0.6 is 11.3 Å². The van der Waals surface area contributed by atoms with Crippen LogP contribution in [0.25, 0.3) is 0 Å². The van der Waals surface area contributed by atoms with E-state index in [0.29, 0.717) is 12.4 Å². The molecule has 2 heterocycles. The van der Waals surface area contributed by atoms with Crippen LogP contribution in [0.2, 0.25) is 0 Å². The van der Waals surface area contributed by atoms with E-state index in [1.54, 1.807) is 6.20 Å². The Kier molecular flexibility index (Phi) is 2.91. The van der Waals surface area contributed by atoms with Gasteiger partial charge in [-0.1, -0.05) is 0 Å². The molecule has 0 saturated heterocycles. The fourth-order valence-corrected chi connectivity index (χ4v) is 2.16. The van der Waals surface area contributed by atoms with Crippen molar-refractivity contribution >= 4 is 23.1 Å². The lowest BCUT2D eigenvalue weighted by molar-refractivity contribution is 0.0954. The van der Waals surface area contributed by atoms with Crippen LogP contribution in [0.4, 0.5) is 5.82 Å². The maximum atomic E-state index is 11.8. The normalized spacial score (nSPS) is 10.3. The largest absolute Gasteiger partial charge is 0.384 e. The molecule has 5 nitrogen and oxygen atoms in total. The maximum Gasteiger partial charge on any atom is 0.261 e. The summed E-state index contributed by atoms with van der Waals surface area (Å²) < 4.78 is 0. The minimum absolute atomic E-state index is 0.0758. The van der Waals surface area contributed by atoms with E-state index in [1.807, 2.05) is 18.4 Å². The average Bonchev–Trinajstić information content (AvgIpc) is 2.84. The highest BCUT2D eigenvalue weighted by Gasteiger charge is 2.10. The van der Waals surface area contributed by atoms with E-state index in [0.717, 1.165) is 16.0 Å². The summed E-state index contributed by atoms with van der Waals surface area (Å²) in [6, 6.07) is 1.92. The number of aromatic amines is 1. The Bertz CT molecular complexity index is 502. The highest BCUT2D eigenvalue weighted by atomic mass is 32.1. The second-order valence-electron chi connectivity index (χ2n) is 3.42. The van der Waals surface area contributed by atoms with Crippen molar-refractivity contribution in [3.63, 3.8) is 0 Å². The molecule has 0 aromatic carbocycles. The van der Waals surface area contributed by atoms with Crippen LogP contribution in [-0.2, 0) is 6.54 Å². The number of amides is 1. The van der Waals surface area contributed by atoms with Crippen molar-refractivity contribution in [2.24, 2.45) is 0 Å². The van der Waals surface area contributed by atoms with Gasteiger partial charge in [-0.05, 0) is 23.9 Å². The topological polar surface area (TPSA) is 83.8 Å². The molecule has 84 valence electrons. The molecule has 0 unspecified atom stereocenters. The number of nitrogen functional groups attached to an aromatic ring is 1. The van der Waals surface area contributed by atoms with Crippen LogP contribution < -0.4 is 11.1 Å². The number of aromatic nitrogens is 2. The van der Waals surface area contributed by atoms with Gasteiger partial charge < -0.3 is 11.1 Å². The molecule has 0 aliphatic carbocycles. The number of hydrogen-bond acceptors (Lipinski definition) is 4. The van der Waals surface area contributed by atoms with Crippen molar-refractivity contribution in [1.29, 1.82) is 0 Å². The number of H-pyrrole nitrogens is 1. The molecule has 0 saturated carbocycles. The van der Waals surface area contributed by atoms with Crippen molar-refractivity contribution in [2.45, 2.75) is 13.5 Å². The predicted octanol–water partition coefficient (Wildman–Crippen LogP) is 1.29. The average molecular weight is 236 g/mol. The highest BCUT2D eigenvalue weighted by molar-refractivity contribution is 7.12. The van der Waals surface area contributed by atoms with Gasteiger partial charge in [-0.3, -0.25) is 9.89 Å². The third-order valence-electron chi connectivity index (χ3n) is 2.26. The van der Waals surface area contributed by atoms with Gasteiger partial charge in [-0.15, -0.1) is 11.3 Å². The number of rotatable bonds is 3. The number of nitrogens with one attached hydrogen (secondary N) is 2. The van der Waals surface area contributed by atoms with Crippen LogP contribution in [0.5, 0.6) is 0 Å². The minimum atomic E-state index is -0.0758. The zero-order valence-electron chi connectivity index (χ0n) is 8.78. The van der Waals surface area contributed by atoms with Crippen molar-refractivity contribution in [2.75, 3.05) is 5.73 Å². The molecule has 0 aliphatic heterocycles. The minimum Gasteiger partial charge on any atom is -0.384 e. The first-order chi connectivity index (χ1) is 7.68. The molecule has 16 heavy (non-hydrogen) atoms. The first-order valence-corrected chi connectivity index (χ1v) is 5.66. The van der Waals surface area contributed by atoms with E-state index in [9.17, 15) is 4.79 Å². The Morgan fingerprint density at radius 2 is 2.50 bits per heavy atom. The monoisotopic (exact) mass is 236 g/mol. The molecule has 0 aliphatic rings. The van der Waals surface area contributed by atoms with Gasteiger partial charge in [0, 0.05) is 12.1 Å². The standard InChI is InChI=1S/C10H12N4OS/c1-6-2-3-16-8(6)10(15)12-4-7-5-13-14-9(7)11/h2-3,5H,4H2,1H3,(H,12,15)(H3,11,13,14). The SMILES string of the molecule is Cc1ccsc1C(=O)NCc1cn[nH]c1N. The second kappa shape index (κ2) is 4.36. The molecule has 2 aromatic heterocycles. The van der Waals surface area contributed by atoms with Crippen LogP contribution in [0.15, 0.2) is 17.6 Å². The number of thiophene rings is 1. The van der Waals surface area contributed by atoms with Gasteiger partial charge in [0.2, 0.25) is 0 Å². The number of aryl methyl sites for hydroxylation is 1. The number of nitrogens with zero attached hydrogens (tertiary/aromatic N) is 1. The van der Waals surface area contributed by atoms with E-state index >= 15 is 0 Å². The molecule has 6 heteroatoms. The molecule has 0 fully saturated rings. The van der Waals surface area contributed by atoms with E-state index in [-0.39, 0.29) is 5.91 Å². The van der Waals surface area contributed by atoms with Crippen molar-refractivity contribution in [3.05, 3.63) is 33.6 Å².